The lowest BCUT2D eigenvalue weighted by atomic mass is 10.0. The van der Waals surface area contributed by atoms with Crippen molar-refractivity contribution in [2.45, 2.75) is 386 Å². The van der Waals surface area contributed by atoms with Crippen molar-refractivity contribution in [1.82, 2.24) is 0 Å². The maximum atomic E-state index is 12.9. The zero-order valence-corrected chi connectivity index (χ0v) is 53.2. The fraction of sp³-hybridized carbons (Fsp3) is 0.849. The predicted molar refractivity (Wildman–Crippen MR) is 344 cm³/mol. The SMILES string of the molecule is CC/C=C\C/C=C\C/C=C\C/C=C\CCCCCCCCCCCCCCCCC(=O)OCC(COC(=O)CCCCCCCCCCC)OC(=O)CCCCCCCCCCCCCCCCCCCCCCCCCCC. The first-order valence-electron chi connectivity index (χ1n) is 35.1. The van der Waals surface area contributed by atoms with Gasteiger partial charge in [0.05, 0.1) is 0 Å². The molecule has 0 fully saturated rings. The van der Waals surface area contributed by atoms with Crippen molar-refractivity contribution < 1.29 is 28.6 Å². The number of ether oxygens (including phenoxy) is 3. The van der Waals surface area contributed by atoms with E-state index in [0.717, 1.165) is 83.5 Å². The molecule has 1 atom stereocenters. The molecule has 6 nitrogen and oxygen atoms in total. The summed E-state index contributed by atoms with van der Waals surface area (Å²) >= 11 is 0. The molecule has 0 aromatic rings. The van der Waals surface area contributed by atoms with E-state index in [1.165, 1.54) is 257 Å². The predicted octanol–water partition coefficient (Wildman–Crippen LogP) is 24.1. The summed E-state index contributed by atoms with van der Waals surface area (Å²) in [6.45, 7) is 6.58. The van der Waals surface area contributed by atoms with Gasteiger partial charge in [0, 0.05) is 19.3 Å². The highest BCUT2D eigenvalue weighted by Crippen LogP contribution is 2.19. The Morgan fingerprint density at radius 2 is 0.494 bits per heavy atom. The van der Waals surface area contributed by atoms with Gasteiger partial charge in [0.2, 0.25) is 0 Å². The van der Waals surface area contributed by atoms with Crippen LogP contribution in [-0.2, 0) is 28.6 Å². The lowest BCUT2D eigenvalue weighted by Crippen LogP contribution is -2.30. The summed E-state index contributed by atoms with van der Waals surface area (Å²) in [6.07, 6.45) is 85.9. The quantitative estimate of drug-likeness (QED) is 0.0261. The molecule has 0 N–H and O–H groups in total. The standard InChI is InChI=1S/C73H134O6/c1-4-7-10-13-16-19-21-23-25-27-29-31-33-35-36-38-39-41-43-45-47-49-51-54-57-60-63-66-72(75)78-69-70(68-77-71(74)65-62-59-56-53-18-15-12-9-6-3)79-73(76)67-64-61-58-55-52-50-48-46-44-42-40-37-34-32-30-28-26-24-22-20-17-14-11-8-5-2/h7,10,16,19,23,25,29,31,70H,4-6,8-9,11-15,17-18,20-22,24,26-28,30,32-69H2,1-3H3/b10-7-,19-16-,25-23-,31-29-. The Hall–Kier alpha value is -2.63. The molecule has 0 heterocycles. The number of unbranched alkanes of at least 4 members (excludes halogenated alkanes) is 46. The third-order valence-corrected chi connectivity index (χ3v) is 15.8. The van der Waals surface area contributed by atoms with Gasteiger partial charge in [-0.15, -0.1) is 0 Å². The molecule has 0 aliphatic carbocycles. The minimum absolute atomic E-state index is 0.0669. The van der Waals surface area contributed by atoms with E-state index in [1.807, 2.05) is 0 Å². The number of hydrogen-bond donors (Lipinski definition) is 0. The van der Waals surface area contributed by atoms with Gasteiger partial charge in [0.15, 0.2) is 6.10 Å². The lowest BCUT2D eigenvalue weighted by Gasteiger charge is -2.18. The Bertz CT molecular complexity index is 1360. The van der Waals surface area contributed by atoms with Crippen LogP contribution in [0.1, 0.15) is 380 Å². The van der Waals surface area contributed by atoms with Crippen molar-refractivity contribution in [2.75, 3.05) is 13.2 Å². The molecule has 0 amide bonds. The largest absolute Gasteiger partial charge is 0.462 e. The average Bonchev–Trinajstić information content (AvgIpc) is 3.45. The second-order valence-corrected chi connectivity index (χ2v) is 23.8. The molecule has 0 radical (unpaired) electrons. The van der Waals surface area contributed by atoms with E-state index >= 15 is 0 Å². The number of esters is 3. The lowest BCUT2D eigenvalue weighted by molar-refractivity contribution is -0.167. The van der Waals surface area contributed by atoms with E-state index in [1.54, 1.807) is 0 Å². The average molecular weight is 1110 g/mol. The van der Waals surface area contributed by atoms with Crippen LogP contribution in [0.3, 0.4) is 0 Å². The molecular weight excluding hydrogens is 973 g/mol. The number of carbonyl (C=O) groups is 3. The van der Waals surface area contributed by atoms with Crippen LogP contribution in [-0.4, -0.2) is 37.2 Å². The van der Waals surface area contributed by atoms with Crippen molar-refractivity contribution in [3.8, 4) is 0 Å². The van der Waals surface area contributed by atoms with Crippen LogP contribution in [0.4, 0.5) is 0 Å². The molecule has 79 heavy (non-hydrogen) atoms. The molecule has 0 bridgehead atoms. The van der Waals surface area contributed by atoms with Gasteiger partial charge < -0.3 is 14.2 Å². The molecular formula is C73H134O6. The topological polar surface area (TPSA) is 78.9 Å². The number of hydrogen-bond acceptors (Lipinski definition) is 6. The van der Waals surface area contributed by atoms with Gasteiger partial charge in [-0.1, -0.05) is 352 Å². The zero-order valence-electron chi connectivity index (χ0n) is 53.2. The Morgan fingerprint density at radius 3 is 0.772 bits per heavy atom. The molecule has 462 valence electrons. The normalized spacial score (nSPS) is 12.3. The van der Waals surface area contributed by atoms with Gasteiger partial charge in [0.1, 0.15) is 13.2 Å². The smallest absolute Gasteiger partial charge is 0.306 e. The second-order valence-electron chi connectivity index (χ2n) is 23.8. The number of rotatable bonds is 65. The Labute approximate surface area is 492 Å². The first kappa shape index (κ1) is 76.4. The van der Waals surface area contributed by atoms with Crippen molar-refractivity contribution in [1.29, 1.82) is 0 Å². The van der Waals surface area contributed by atoms with Crippen molar-refractivity contribution >= 4 is 17.9 Å². The van der Waals surface area contributed by atoms with Crippen LogP contribution in [0.5, 0.6) is 0 Å². The molecule has 0 rings (SSSR count). The molecule has 0 saturated heterocycles. The molecule has 0 aliphatic heterocycles. The zero-order chi connectivity index (χ0) is 57.1. The van der Waals surface area contributed by atoms with Gasteiger partial charge in [-0.3, -0.25) is 14.4 Å². The fourth-order valence-corrected chi connectivity index (χ4v) is 10.6. The minimum Gasteiger partial charge on any atom is -0.462 e. The molecule has 0 aliphatic rings. The molecule has 0 spiro atoms. The van der Waals surface area contributed by atoms with Crippen LogP contribution >= 0.6 is 0 Å². The molecule has 0 aromatic heterocycles. The number of carbonyl (C=O) groups excluding carboxylic acids is 3. The monoisotopic (exact) mass is 1110 g/mol. The Kier molecular flexibility index (Phi) is 65.6. The summed E-state index contributed by atoms with van der Waals surface area (Å²) in [5.74, 6) is -0.844. The minimum atomic E-state index is -0.769. The van der Waals surface area contributed by atoms with E-state index in [-0.39, 0.29) is 31.1 Å². The van der Waals surface area contributed by atoms with E-state index in [0.29, 0.717) is 19.3 Å². The van der Waals surface area contributed by atoms with Gasteiger partial charge in [-0.05, 0) is 57.8 Å². The summed E-state index contributed by atoms with van der Waals surface area (Å²) in [7, 11) is 0. The molecule has 0 aromatic carbocycles. The Balaban J connectivity index is 4.11. The van der Waals surface area contributed by atoms with Crippen molar-refractivity contribution in [3.05, 3.63) is 48.6 Å². The third-order valence-electron chi connectivity index (χ3n) is 15.8. The van der Waals surface area contributed by atoms with Crippen LogP contribution in [0, 0.1) is 0 Å². The van der Waals surface area contributed by atoms with Crippen LogP contribution < -0.4 is 0 Å². The number of allylic oxidation sites excluding steroid dienone is 8. The van der Waals surface area contributed by atoms with E-state index < -0.39 is 6.10 Å². The van der Waals surface area contributed by atoms with E-state index in [2.05, 4.69) is 69.4 Å². The summed E-state index contributed by atoms with van der Waals surface area (Å²) in [6, 6.07) is 0. The van der Waals surface area contributed by atoms with Gasteiger partial charge in [-0.25, -0.2) is 0 Å². The molecule has 6 heteroatoms. The summed E-state index contributed by atoms with van der Waals surface area (Å²) in [5, 5.41) is 0. The van der Waals surface area contributed by atoms with Crippen LogP contribution in [0.15, 0.2) is 48.6 Å². The van der Waals surface area contributed by atoms with Gasteiger partial charge in [-0.2, -0.15) is 0 Å². The summed E-state index contributed by atoms with van der Waals surface area (Å²) in [5.41, 5.74) is 0. The van der Waals surface area contributed by atoms with E-state index in [9.17, 15) is 14.4 Å². The Morgan fingerprint density at radius 1 is 0.266 bits per heavy atom. The maximum Gasteiger partial charge on any atom is 0.306 e. The molecule has 1 unspecified atom stereocenters. The highest BCUT2D eigenvalue weighted by Gasteiger charge is 2.19. The second kappa shape index (κ2) is 67.9. The van der Waals surface area contributed by atoms with Crippen molar-refractivity contribution in [3.63, 3.8) is 0 Å². The van der Waals surface area contributed by atoms with Gasteiger partial charge >= 0.3 is 17.9 Å². The first-order chi connectivity index (χ1) is 39.0. The van der Waals surface area contributed by atoms with Gasteiger partial charge in [0.25, 0.3) is 0 Å². The maximum absolute atomic E-state index is 12.9. The fourth-order valence-electron chi connectivity index (χ4n) is 10.6. The summed E-state index contributed by atoms with van der Waals surface area (Å²) < 4.78 is 16.9. The van der Waals surface area contributed by atoms with Crippen LogP contribution in [0.25, 0.3) is 0 Å². The first-order valence-corrected chi connectivity index (χ1v) is 35.1. The third kappa shape index (κ3) is 66.1. The van der Waals surface area contributed by atoms with E-state index in [4.69, 9.17) is 14.2 Å². The highest BCUT2D eigenvalue weighted by atomic mass is 16.6. The van der Waals surface area contributed by atoms with Crippen molar-refractivity contribution in [2.24, 2.45) is 0 Å². The highest BCUT2D eigenvalue weighted by molar-refractivity contribution is 5.71. The van der Waals surface area contributed by atoms with Crippen LogP contribution in [0.2, 0.25) is 0 Å². The molecule has 0 saturated carbocycles. The summed E-state index contributed by atoms with van der Waals surface area (Å²) in [4.78, 5) is 38.3.